The summed E-state index contributed by atoms with van der Waals surface area (Å²) >= 11 is 0. The van der Waals surface area contributed by atoms with Gasteiger partial charge < -0.3 is 5.11 Å². The molecule has 0 heterocycles. The van der Waals surface area contributed by atoms with Crippen molar-refractivity contribution in [3.63, 3.8) is 0 Å². The molecule has 1 aliphatic rings. The monoisotopic (exact) mass is 235 g/mol. The fourth-order valence-electron chi connectivity index (χ4n) is 2.43. The summed E-state index contributed by atoms with van der Waals surface area (Å²) in [6, 6.07) is 15.8. The fraction of sp³-hybridized carbons (Fsp3) is 0.118. The van der Waals surface area contributed by atoms with Crippen LogP contribution in [0.5, 0.6) is 5.75 Å². The Bertz CT molecular complexity index is 595. The van der Waals surface area contributed by atoms with E-state index >= 15 is 0 Å². The molecular weight excluding hydrogens is 220 g/mol. The first-order chi connectivity index (χ1) is 8.67. The van der Waals surface area contributed by atoms with E-state index in [1.54, 1.807) is 12.1 Å². The standard InChI is InChI=1S/C17H15O/c1-17(15-6-8-16(18)9-7-15)11-10-13-4-2-3-5-14(13)12-17/h2-12,18H,1H3. The van der Waals surface area contributed by atoms with E-state index in [-0.39, 0.29) is 5.41 Å². The number of hydrogen-bond donors (Lipinski definition) is 1. The molecule has 1 N–H and O–H groups in total. The lowest BCUT2D eigenvalue weighted by molar-refractivity contribution is 0.474. The summed E-state index contributed by atoms with van der Waals surface area (Å²) in [7, 11) is 0. The molecule has 1 nitrogen and oxygen atoms in total. The quantitative estimate of drug-likeness (QED) is 0.794. The Morgan fingerprint density at radius 2 is 1.56 bits per heavy atom. The smallest absolute Gasteiger partial charge is 0.115 e. The molecule has 1 atom stereocenters. The molecule has 1 aliphatic carbocycles. The van der Waals surface area contributed by atoms with Gasteiger partial charge in [-0.3, -0.25) is 0 Å². The first-order valence-corrected chi connectivity index (χ1v) is 6.11. The maximum Gasteiger partial charge on any atom is 0.115 e. The number of rotatable bonds is 1. The van der Waals surface area contributed by atoms with Crippen molar-refractivity contribution >= 4 is 6.08 Å². The van der Waals surface area contributed by atoms with Crippen molar-refractivity contribution in [2.24, 2.45) is 0 Å². The largest absolute Gasteiger partial charge is 0.508 e. The number of phenolic OH excluding ortho intramolecular Hbond substituents is 1. The molecule has 18 heavy (non-hydrogen) atoms. The van der Waals surface area contributed by atoms with Crippen LogP contribution in [0.25, 0.3) is 6.08 Å². The first kappa shape index (κ1) is 11.1. The second-order valence-electron chi connectivity index (χ2n) is 4.94. The van der Waals surface area contributed by atoms with Gasteiger partial charge in [-0.1, -0.05) is 55.5 Å². The number of hydrogen-bond acceptors (Lipinski definition) is 1. The van der Waals surface area contributed by atoms with E-state index in [4.69, 9.17) is 0 Å². The second kappa shape index (κ2) is 4.02. The summed E-state index contributed by atoms with van der Waals surface area (Å²) in [6.45, 7) is 2.19. The van der Waals surface area contributed by atoms with Crippen LogP contribution in [0.2, 0.25) is 0 Å². The predicted octanol–water partition coefficient (Wildman–Crippen LogP) is 3.93. The van der Waals surface area contributed by atoms with Gasteiger partial charge in [0.1, 0.15) is 5.75 Å². The minimum absolute atomic E-state index is 0.109. The summed E-state index contributed by atoms with van der Waals surface area (Å²) in [5.74, 6) is 0.308. The summed E-state index contributed by atoms with van der Waals surface area (Å²) in [5.41, 5.74) is 3.59. The van der Waals surface area contributed by atoms with Crippen molar-refractivity contribution in [2.45, 2.75) is 12.3 Å². The van der Waals surface area contributed by atoms with Crippen LogP contribution in [0.1, 0.15) is 23.6 Å². The molecule has 0 fully saturated rings. The summed E-state index contributed by atoms with van der Waals surface area (Å²) in [5, 5.41) is 9.37. The van der Waals surface area contributed by atoms with E-state index in [1.807, 2.05) is 12.1 Å². The third-order valence-electron chi connectivity index (χ3n) is 3.55. The zero-order chi connectivity index (χ0) is 12.6. The molecule has 0 amide bonds. The Balaban J connectivity index is 2.02. The van der Waals surface area contributed by atoms with Crippen LogP contribution < -0.4 is 0 Å². The van der Waals surface area contributed by atoms with E-state index < -0.39 is 0 Å². The average molecular weight is 235 g/mol. The van der Waals surface area contributed by atoms with Gasteiger partial charge in [0.15, 0.2) is 0 Å². The summed E-state index contributed by atoms with van der Waals surface area (Å²) < 4.78 is 0. The van der Waals surface area contributed by atoms with Crippen LogP contribution in [-0.2, 0) is 5.41 Å². The fourth-order valence-corrected chi connectivity index (χ4v) is 2.43. The molecule has 3 rings (SSSR count). The molecule has 1 heteroatoms. The molecule has 2 aromatic rings. The highest BCUT2D eigenvalue weighted by Crippen LogP contribution is 2.37. The van der Waals surface area contributed by atoms with Gasteiger partial charge in [0.25, 0.3) is 0 Å². The van der Waals surface area contributed by atoms with Crippen LogP contribution in [0.15, 0.2) is 54.6 Å². The van der Waals surface area contributed by atoms with Gasteiger partial charge in [-0.05, 0) is 28.8 Å². The van der Waals surface area contributed by atoms with Crippen molar-refractivity contribution in [1.82, 2.24) is 0 Å². The molecule has 0 spiro atoms. The summed E-state index contributed by atoms with van der Waals surface area (Å²) in [6.07, 6.45) is 6.65. The highest BCUT2D eigenvalue weighted by molar-refractivity contribution is 5.64. The average Bonchev–Trinajstić information content (AvgIpc) is 2.39. The SMILES string of the molecule is CC1(c2ccc(O)cc2)[CH]c2ccccc2C=C1. The van der Waals surface area contributed by atoms with E-state index in [0.29, 0.717) is 5.75 Å². The molecule has 89 valence electrons. The second-order valence-corrected chi connectivity index (χ2v) is 4.94. The Kier molecular flexibility index (Phi) is 2.48. The third kappa shape index (κ3) is 1.82. The molecule has 0 saturated heterocycles. The minimum atomic E-state index is -0.109. The molecule has 0 bridgehead atoms. The predicted molar refractivity (Wildman–Crippen MR) is 74.3 cm³/mol. The van der Waals surface area contributed by atoms with Gasteiger partial charge in [-0.25, -0.2) is 0 Å². The van der Waals surface area contributed by atoms with Crippen molar-refractivity contribution < 1.29 is 5.11 Å². The number of fused-ring (bicyclic) bond motifs is 1. The maximum absolute atomic E-state index is 9.37. The van der Waals surface area contributed by atoms with Gasteiger partial charge >= 0.3 is 0 Å². The van der Waals surface area contributed by atoms with Gasteiger partial charge in [0, 0.05) is 11.8 Å². The highest BCUT2D eigenvalue weighted by Gasteiger charge is 2.27. The molecule has 0 saturated carbocycles. The van der Waals surface area contributed by atoms with Crippen LogP contribution in [0, 0.1) is 6.42 Å². The normalized spacial score (nSPS) is 21.6. The van der Waals surface area contributed by atoms with Crippen molar-refractivity contribution in [1.29, 1.82) is 0 Å². The number of aromatic hydroxyl groups is 1. The number of phenols is 1. The van der Waals surface area contributed by atoms with Gasteiger partial charge in [0.2, 0.25) is 0 Å². The van der Waals surface area contributed by atoms with Crippen molar-refractivity contribution in [3.8, 4) is 5.75 Å². The van der Waals surface area contributed by atoms with E-state index in [0.717, 1.165) is 0 Å². The Morgan fingerprint density at radius 3 is 2.28 bits per heavy atom. The molecular formula is C17H15O. The van der Waals surface area contributed by atoms with Crippen LogP contribution in [0.4, 0.5) is 0 Å². The lowest BCUT2D eigenvalue weighted by Gasteiger charge is -2.30. The third-order valence-corrected chi connectivity index (χ3v) is 3.55. The van der Waals surface area contributed by atoms with Crippen LogP contribution in [0.3, 0.4) is 0 Å². The zero-order valence-electron chi connectivity index (χ0n) is 10.3. The van der Waals surface area contributed by atoms with Crippen molar-refractivity contribution in [2.75, 3.05) is 0 Å². The van der Waals surface area contributed by atoms with E-state index in [2.05, 4.69) is 49.8 Å². The Morgan fingerprint density at radius 1 is 0.889 bits per heavy atom. The molecule has 1 radical (unpaired) electrons. The Labute approximate surface area is 107 Å². The Hall–Kier alpha value is -2.02. The van der Waals surface area contributed by atoms with Gasteiger partial charge in [-0.15, -0.1) is 0 Å². The summed E-state index contributed by atoms with van der Waals surface area (Å²) in [4.78, 5) is 0. The minimum Gasteiger partial charge on any atom is -0.508 e. The molecule has 0 aromatic heterocycles. The molecule has 1 unspecified atom stereocenters. The molecule has 2 aromatic carbocycles. The van der Waals surface area contributed by atoms with Crippen LogP contribution in [-0.4, -0.2) is 5.11 Å². The lowest BCUT2D eigenvalue weighted by Crippen LogP contribution is -2.22. The topological polar surface area (TPSA) is 20.2 Å². The molecule has 0 aliphatic heterocycles. The van der Waals surface area contributed by atoms with E-state index in [1.165, 1.54) is 16.7 Å². The number of benzene rings is 2. The number of allylic oxidation sites excluding steroid dienone is 1. The van der Waals surface area contributed by atoms with Crippen LogP contribution >= 0.6 is 0 Å². The zero-order valence-corrected chi connectivity index (χ0v) is 10.3. The maximum atomic E-state index is 9.37. The first-order valence-electron chi connectivity index (χ1n) is 6.11. The lowest BCUT2D eigenvalue weighted by atomic mass is 9.73. The van der Waals surface area contributed by atoms with Crippen molar-refractivity contribution in [3.05, 3.63) is 77.7 Å². The van der Waals surface area contributed by atoms with Gasteiger partial charge in [0.05, 0.1) is 0 Å². The van der Waals surface area contributed by atoms with E-state index in [9.17, 15) is 5.11 Å². The van der Waals surface area contributed by atoms with Gasteiger partial charge in [-0.2, -0.15) is 0 Å². The highest BCUT2D eigenvalue weighted by atomic mass is 16.3.